The number of aromatic nitrogens is 2. The Balaban J connectivity index is 0.00000181. The van der Waals surface area contributed by atoms with E-state index in [1.807, 2.05) is 47.4 Å². The first-order valence-corrected chi connectivity index (χ1v) is 10.7. The third kappa shape index (κ3) is 6.01. The number of amides is 1. The van der Waals surface area contributed by atoms with Gasteiger partial charge in [0, 0.05) is 49.1 Å². The second-order valence-corrected chi connectivity index (χ2v) is 8.09. The molecule has 1 aliphatic heterocycles. The van der Waals surface area contributed by atoms with E-state index in [-0.39, 0.29) is 36.6 Å². The summed E-state index contributed by atoms with van der Waals surface area (Å²) in [6, 6.07) is 15.7. The molecule has 1 aromatic heterocycles. The van der Waals surface area contributed by atoms with Crippen LogP contribution in [0.3, 0.4) is 0 Å². The second-order valence-electron chi connectivity index (χ2n) is 7.65. The Hall–Kier alpha value is -2.12. The van der Waals surface area contributed by atoms with Gasteiger partial charge in [-0.3, -0.25) is 4.79 Å². The summed E-state index contributed by atoms with van der Waals surface area (Å²) >= 11 is 5.98. The maximum Gasteiger partial charge on any atom is 0.226 e. The molecular formula is C23H28Cl3N5O. The molecule has 1 aliphatic rings. The van der Waals surface area contributed by atoms with Gasteiger partial charge in [0.15, 0.2) is 0 Å². The number of rotatable bonds is 6. The number of hydrogen-bond acceptors (Lipinski definition) is 5. The van der Waals surface area contributed by atoms with Gasteiger partial charge in [-0.2, -0.15) is 0 Å². The largest absolute Gasteiger partial charge is 0.356 e. The average molecular weight is 497 g/mol. The first-order chi connectivity index (χ1) is 14.7. The Labute approximate surface area is 206 Å². The van der Waals surface area contributed by atoms with E-state index >= 15 is 0 Å². The highest BCUT2D eigenvalue weighted by atomic mass is 35.5. The summed E-state index contributed by atoms with van der Waals surface area (Å²) in [7, 11) is 0. The number of benzene rings is 2. The van der Waals surface area contributed by atoms with Crippen LogP contribution in [-0.4, -0.2) is 47.0 Å². The number of anilines is 1. The van der Waals surface area contributed by atoms with Gasteiger partial charge in [-0.25, -0.2) is 9.97 Å². The molecule has 0 atom stereocenters. The fourth-order valence-electron chi connectivity index (χ4n) is 4.07. The average Bonchev–Trinajstić information content (AvgIpc) is 2.79. The highest BCUT2D eigenvalue weighted by Gasteiger charge is 2.29. The third-order valence-electron chi connectivity index (χ3n) is 5.66. The summed E-state index contributed by atoms with van der Waals surface area (Å²) in [4.78, 5) is 26.2. The van der Waals surface area contributed by atoms with E-state index in [9.17, 15) is 4.79 Å². The summed E-state index contributed by atoms with van der Waals surface area (Å²) in [6.45, 7) is 3.16. The number of nitrogens with zero attached hydrogens (tertiary/aromatic N) is 4. The van der Waals surface area contributed by atoms with Crippen LogP contribution in [0.25, 0.3) is 10.9 Å². The van der Waals surface area contributed by atoms with Gasteiger partial charge in [0.25, 0.3) is 0 Å². The molecule has 0 unspecified atom stereocenters. The van der Waals surface area contributed by atoms with E-state index in [0.29, 0.717) is 24.7 Å². The van der Waals surface area contributed by atoms with Crippen molar-refractivity contribution in [3.05, 3.63) is 65.4 Å². The number of fused-ring (bicyclic) bond motifs is 1. The smallest absolute Gasteiger partial charge is 0.226 e. The summed E-state index contributed by atoms with van der Waals surface area (Å²) < 4.78 is 0. The molecule has 32 heavy (non-hydrogen) atoms. The van der Waals surface area contributed by atoms with E-state index in [1.165, 1.54) is 0 Å². The van der Waals surface area contributed by atoms with Crippen molar-refractivity contribution in [3.63, 3.8) is 0 Å². The maximum atomic E-state index is 13.2. The monoisotopic (exact) mass is 495 g/mol. The van der Waals surface area contributed by atoms with Crippen LogP contribution >= 0.6 is 36.4 Å². The van der Waals surface area contributed by atoms with Crippen LogP contribution in [0.5, 0.6) is 0 Å². The first kappa shape index (κ1) is 26.1. The van der Waals surface area contributed by atoms with Crippen LogP contribution in [-0.2, 0) is 11.3 Å². The minimum atomic E-state index is 0. The minimum Gasteiger partial charge on any atom is -0.356 e. The Morgan fingerprint density at radius 2 is 1.75 bits per heavy atom. The molecule has 172 valence electrons. The zero-order valence-electron chi connectivity index (χ0n) is 17.7. The molecule has 1 fully saturated rings. The lowest BCUT2D eigenvalue weighted by molar-refractivity contribution is -0.136. The van der Waals surface area contributed by atoms with Crippen molar-refractivity contribution in [1.29, 1.82) is 0 Å². The number of para-hydroxylation sites is 1. The molecule has 2 aromatic carbocycles. The Bertz CT molecular complexity index is 1000. The molecule has 6 nitrogen and oxygen atoms in total. The fraction of sp³-hybridized carbons (Fsp3) is 0.348. The van der Waals surface area contributed by atoms with Crippen molar-refractivity contribution < 1.29 is 4.79 Å². The lowest BCUT2D eigenvalue weighted by atomic mass is 9.94. The van der Waals surface area contributed by atoms with Crippen molar-refractivity contribution in [2.45, 2.75) is 19.4 Å². The highest BCUT2D eigenvalue weighted by Crippen LogP contribution is 2.28. The van der Waals surface area contributed by atoms with E-state index in [0.717, 1.165) is 48.2 Å². The number of nitrogens with two attached hydrogens (primary N) is 1. The van der Waals surface area contributed by atoms with Crippen LogP contribution < -0.4 is 10.6 Å². The van der Waals surface area contributed by atoms with Crippen LogP contribution in [0.15, 0.2) is 54.9 Å². The number of halogens is 3. The second kappa shape index (κ2) is 12.2. The summed E-state index contributed by atoms with van der Waals surface area (Å²) in [5, 5.41) is 1.75. The van der Waals surface area contributed by atoms with Crippen molar-refractivity contribution in [1.82, 2.24) is 14.9 Å². The molecule has 4 rings (SSSR count). The lowest BCUT2D eigenvalue weighted by Gasteiger charge is -2.35. The Morgan fingerprint density at radius 1 is 1.06 bits per heavy atom. The van der Waals surface area contributed by atoms with Gasteiger partial charge in [0.1, 0.15) is 12.1 Å². The van der Waals surface area contributed by atoms with Crippen molar-refractivity contribution in [2.24, 2.45) is 11.7 Å². The zero-order chi connectivity index (χ0) is 20.9. The predicted molar refractivity (Wildman–Crippen MR) is 135 cm³/mol. The quantitative estimate of drug-likeness (QED) is 0.550. The van der Waals surface area contributed by atoms with E-state index in [2.05, 4.69) is 20.9 Å². The van der Waals surface area contributed by atoms with Gasteiger partial charge in [-0.1, -0.05) is 35.9 Å². The van der Waals surface area contributed by atoms with Crippen LogP contribution in [0.1, 0.15) is 18.4 Å². The summed E-state index contributed by atoms with van der Waals surface area (Å²) in [5.74, 6) is 1.14. The van der Waals surface area contributed by atoms with Crippen molar-refractivity contribution in [3.8, 4) is 0 Å². The van der Waals surface area contributed by atoms with E-state index in [1.54, 1.807) is 6.33 Å². The summed E-state index contributed by atoms with van der Waals surface area (Å²) in [5.41, 5.74) is 7.79. The predicted octanol–water partition coefficient (Wildman–Crippen LogP) is 4.33. The fourth-order valence-corrected chi connectivity index (χ4v) is 4.20. The van der Waals surface area contributed by atoms with Gasteiger partial charge < -0.3 is 15.5 Å². The molecule has 1 amide bonds. The maximum absolute atomic E-state index is 13.2. The van der Waals surface area contributed by atoms with Gasteiger partial charge in [0.05, 0.1) is 5.52 Å². The normalized spacial score (nSPS) is 13.9. The van der Waals surface area contributed by atoms with Gasteiger partial charge in [-0.05, 0) is 42.7 Å². The number of carbonyl (C=O) groups is 1. The Kier molecular flexibility index (Phi) is 9.97. The topological polar surface area (TPSA) is 75.3 Å². The minimum absolute atomic E-state index is 0. The zero-order valence-corrected chi connectivity index (χ0v) is 20.1. The molecular weight excluding hydrogens is 469 g/mol. The standard InChI is InChI=1S/C23H26ClN5O.2ClH/c24-19-7-5-17(6-8-19)15-29(14-11-25)23(30)18-9-12-28(13-10-18)22-20-3-1-2-4-21(20)26-16-27-22;;/h1-8,16,18H,9-15,25H2;2*1H. The lowest BCUT2D eigenvalue weighted by Crippen LogP contribution is -2.44. The molecule has 9 heteroatoms. The molecule has 2 heterocycles. The molecule has 3 aromatic rings. The molecule has 2 N–H and O–H groups in total. The van der Waals surface area contributed by atoms with E-state index < -0.39 is 0 Å². The van der Waals surface area contributed by atoms with Crippen molar-refractivity contribution in [2.75, 3.05) is 31.1 Å². The molecule has 0 saturated carbocycles. The molecule has 0 aliphatic carbocycles. The molecule has 1 saturated heterocycles. The summed E-state index contributed by atoms with van der Waals surface area (Å²) in [6.07, 6.45) is 3.22. The van der Waals surface area contributed by atoms with Crippen molar-refractivity contribution >= 4 is 59.0 Å². The van der Waals surface area contributed by atoms with Crippen LogP contribution in [0.2, 0.25) is 5.02 Å². The van der Waals surface area contributed by atoms with Crippen LogP contribution in [0, 0.1) is 5.92 Å². The van der Waals surface area contributed by atoms with Gasteiger partial charge >= 0.3 is 0 Å². The van der Waals surface area contributed by atoms with Crippen LogP contribution in [0.4, 0.5) is 5.82 Å². The SMILES string of the molecule is Cl.Cl.NCCN(Cc1ccc(Cl)cc1)C(=O)C1CCN(c2ncnc3ccccc23)CC1. The number of hydrogen-bond donors (Lipinski definition) is 1. The van der Waals surface area contributed by atoms with Gasteiger partial charge in [-0.15, -0.1) is 24.8 Å². The Morgan fingerprint density at radius 3 is 2.44 bits per heavy atom. The van der Waals surface area contributed by atoms with E-state index in [4.69, 9.17) is 17.3 Å². The van der Waals surface area contributed by atoms with Gasteiger partial charge in [0.2, 0.25) is 5.91 Å². The first-order valence-electron chi connectivity index (χ1n) is 10.3. The molecule has 0 spiro atoms. The molecule has 0 radical (unpaired) electrons. The third-order valence-corrected chi connectivity index (χ3v) is 5.91. The number of piperidine rings is 1. The number of carbonyl (C=O) groups excluding carboxylic acids is 1. The molecule has 0 bridgehead atoms. The highest BCUT2D eigenvalue weighted by molar-refractivity contribution is 6.30.